The molecule has 0 unspecified atom stereocenters. The topological polar surface area (TPSA) is 26.3 Å². The molecule has 0 atom stereocenters. The molecule has 0 amide bonds. The van der Waals surface area contributed by atoms with Gasteiger partial charge in [-0.1, -0.05) is 70.9 Å². The van der Waals surface area contributed by atoms with E-state index in [1.807, 2.05) is 12.1 Å². The molecule has 2 fully saturated rings. The Balaban J connectivity index is 1.36. The summed E-state index contributed by atoms with van der Waals surface area (Å²) in [5, 5.41) is 0. The van der Waals surface area contributed by atoms with E-state index in [4.69, 9.17) is 4.74 Å². The van der Waals surface area contributed by atoms with Gasteiger partial charge in [0, 0.05) is 0 Å². The fourth-order valence-electron chi connectivity index (χ4n) is 5.46. The molecule has 2 saturated carbocycles. The number of hydrogen-bond donors (Lipinski definition) is 0. The van der Waals surface area contributed by atoms with E-state index in [0.717, 1.165) is 24.7 Å². The summed E-state index contributed by atoms with van der Waals surface area (Å²) in [4.78, 5) is 12.5. The van der Waals surface area contributed by atoms with Gasteiger partial charge in [-0.15, -0.1) is 0 Å². The van der Waals surface area contributed by atoms with Crippen LogP contribution < -0.4 is 0 Å². The first-order valence-corrected chi connectivity index (χ1v) is 13.0. The highest BCUT2D eigenvalue weighted by Crippen LogP contribution is 2.38. The smallest absolute Gasteiger partial charge is 0.338 e. The van der Waals surface area contributed by atoms with Crippen molar-refractivity contribution in [1.82, 2.24) is 0 Å². The number of carbonyl (C=O) groups is 1. The zero-order valence-corrected chi connectivity index (χ0v) is 19.5. The Morgan fingerprint density at radius 2 is 1.47 bits per heavy atom. The number of hydrogen-bond acceptors (Lipinski definition) is 2. The normalized spacial score (nSPS) is 27.0. The summed E-state index contributed by atoms with van der Waals surface area (Å²) in [5.74, 6) is 2.26. The van der Waals surface area contributed by atoms with Crippen LogP contribution in [0.1, 0.15) is 132 Å². The molecule has 30 heavy (non-hydrogen) atoms. The van der Waals surface area contributed by atoms with Crippen LogP contribution in [0, 0.1) is 11.8 Å². The molecule has 0 aliphatic heterocycles. The average molecular weight is 413 g/mol. The first-order valence-electron chi connectivity index (χ1n) is 13.0. The predicted molar refractivity (Wildman–Crippen MR) is 126 cm³/mol. The average Bonchev–Trinajstić information content (AvgIpc) is 2.78. The lowest BCUT2D eigenvalue weighted by Gasteiger charge is -2.29. The number of carbonyl (C=O) groups excluding carboxylic acids is 1. The maximum absolute atomic E-state index is 12.5. The van der Waals surface area contributed by atoms with Gasteiger partial charge >= 0.3 is 5.97 Å². The van der Waals surface area contributed by atoms with Crippen molar-refractivity contribution in [2.24, 2.45) is 11.8 Å². The SMILES string of the molecule is CCCCCCCCC1CCC(c2ccc(C(=O)OC3CCC(C)CC3)cc2)CC1. The van der Waals surface area contributed by atoms with Crippen molar-refractivity contribution in [2.75, 3.05) is 0 Å². The number of esters is 1. The van der Waals surface area contributed by atoms with Crippen molar-refractivity contribution in [1.29, 1.82) is 0 Å². The van der Waals surface area contributed by atoms with Crippen molar-refractivity contribution in [3.8, 4) is 0 Å². The van der Waals surface area contributed by atoms with Gasteiger partial charge in [-0.05, 0) is 86.8 Å². The minimum atomic E-state index is -0.135. The molecule has 2 aliphatic carbocycles. The van der Waals surface area contributed by atoms with Crippen molar-refractivity contribution in [3.63, 3.8) is 0 Å². The Morgan fingerprint density at radius 1 is 0.833 bits per heavy atom. The first-order chi connectivity index (χ1) is 14.7. The Kier molecular flexibility index (Phi) is 9.75. The third-order valence-corrected chi connectivity index (χ3v) is 7.67. The molecule has 2 nitrogen and oxygen atoms in total. The van der Waals surface area contributed by atoms with Gasteiger partial charge in [0.25, 0.3) is 0 Å². The van der Waals surface area contributed by atoms with E-state index in [2.05, 4.69) is 26.0 Å². The summed E-state index contributed by atoms with van der Waals surface area (Å²) in [6.45, 7) is 4.58. The fraction of sp³-hybridized carbons (Fsp3) is 0.750. The van der Waals surface area contributed by atoms with Crippen molar-refractivity contribution >= 4 is 5.97 Å². The molecule has 168 valence electrons. The molecule has 0 spiro atoms. The van der Waals surface area contributed by atoms with Crippen LogP contribution in [0.15, 0.2) is 24.3 Å². The van der Waals surface area contributed by atoms with E-state index in [-0.39, 0.29) is 12.1 Å². The zero-order valence-electron chi connectivity index (χ0n) is 19.5. The van der Waals surface area contributed by atoms with Gasteiger partial charge in [0.05, 0.1) is 5.56 Å². The monoisotopic (exact) mass is 412 g/mol. The van der Waals surface area contributed by atoms with Crippen LogP contribution in [0.4, 0.5) is 0 Å². The molecule has 0 saturated heterocycles. The Labute approximate surface area is 185 Å². The summed E-state index contributed by atoms with van der Waals surface area (Å²) >= 11 is 0. The molecular weight excluding hydrogens is 368 g/mol. The van der Waals surface area contributed by atoms with Gasteiger partial charge in [-0.25, -0.2) is 4.79 Å². The summed E-state index contributed by atoms with van der Waals surface area (Å²) in [6.07, 6.45) is 19.8. The van der Waals surface area contributed by atoms with Crippen molar-refractivity contribution < 1.29 is 9.53 Å². The molecular formula is C28H44O2. The highest BCUT2D eigenvalue weighted by Gasteiger charge is 2.24. The van der Waals surface area contributed by atoms with Gasteiger partial charge in [-0.3, -0.25) is 0 Å². The summed E-state index contributed by atoms with van der Waals surface area (Å²) in [6, 6.07) is 8.34. The Hall–Kier alpha value is -1.31. The fourth-order valence-corrected chi connectivity index (χ4v) is 5.46. The van der Waals surface area contributed by atoms with Gasteiger partial charge < -0.3 is 4.74 Å². The lowest BCUT2D eigenvalue weighted by atomic mass is 9.77. The standard InChI is InChI=1S/C28H44O2/c1-3-4-5-6-7-8-9-23-12-14-24(15-13-23)25-16-18-26(19-17-25)28(29)30-27-20-10-22(2)11-21-27/h16-19,22-24,27H,3-15,20-21H2,1-2H3. The maximum atomic E-state index is 12.5. The third kappa shape index (κ3) is 7.43. The summed E-state index contributed by atoms with van der Waals surface area (Å²) in [7, 11) is 0. The van der Waals surface area contributed by atoms with Crippen LogP contribution in [0.5, 0.6) is 0 Å². The quantitative estimate of drug-likeness (QED) is 0.284. The van der Waals surface area contributed by atoms with Gasteiger partial charge in [0.15, 0.2) is 0 Å². The Bertz CT molecular complexity index is 604. The molecule has 1 aromatic rings. The first kappa shape index (κ1) is 23.4. The maximum Gasteiger partial charge on any atom is 0.338 e. The molecule has 0 aromatic heterocycles. The van der Waals surface area contributed by atoms with Crippen LogP contribution in [-0.2, 0) is 4.74 Å². The second kappa shape index (κ2) is 12.5. The van der Waals surface area contributed by atoms with Crippen LogP contribution in [0.25, 0.3) is 0 Å². The minimum absolute atomic E-state index is 0.121. The lowest BCUT2D eigenvalue weighted by Crippen LogP contribution is -2.23. The van der Waals surface area contributed by atoms with Gasteiger partial charge in [-0.2, -0.15) is 0 Å². The minimum Gasteiger partial charge on any atom is -0.459 e. The number of ether oxygens (including phenoxy) is 1. The van der Waals surface area contributed by atoms with Crippen molar-refractivity contribution in [3.05, 3.63) is 35.4 Å². The molecule has 2 aliphatic rings. The highest BCUT2D eigenvalue weighted by atomic mass is 16.5. The van der Waals surface area contributed by atoms with E-state index >= 15 is 0 Å². The van der Waals surface area contributed by atoms with Crippen LogP contribution >= 0.6 is 0 Å². The highest BCUT2D eigenvalue weighted by molar-refractivity contribution is 5.89. The number of rotatable bonds is 10. The molecule has 1 aromatic carbocycles. The van der Waals surface area contributed by atoms with E-state index in [1.54, 1.807) is 0 Å². The molecule has 0 N–H and O–H groups in total. The van der Waals surface area contributed by atoms with Gasteiger partial charge in [0.1, 0.15) is 6.10 Å². The lowest BCUT2D eigenvalue weighted by molar-refractivity contribution is 0.0174. The molecule has 0 heterocycles. The molecule has 2 heteroatoms. The summed E-state index contributed by atoms with van der Waals surface area (Å²) < 4.78 is 5.75. The van der Waals surface area contributed by atoms with Crippen molar-refractivity contribution in [2.45, 2.75) is 122 Å². The number of unbranched alkanes of at least 4 members (excludes halogenated alkanes) is 5. The largest absolute Gasteiger partial charge is 0.459 e. The zero-order chi connectivity index (χ0) is 21.2. The molecule has 3 rings (SSSR count). The second-order valence-corrected chi connectivity index (χ2v) is 10.2. The Morgan fingerprint density at radius 3 is 2.13 bits per heavy atom. The second-order valence-electron chi connectivity index (χ2n) is 10.2. The predicted octanol–water partition coefficient (Wildman–Crippen LogP) is 8.45. The van der Waals surface area contributed by atoms with Crippen LogP contribution in [-0.4, -0.2) is 12.1 Å². The number of benzene rings is 1. The summed E-state index contributed by atoms with van der Waals surface area (Å²) in [5.41, 5.74) is 2.13. The van der Waals surface area contributed by atoms with Crippen LogP contribution in [0.2, 0.25) is 0 Å². The van der Waals surface area contributed by atoms with E-state index in [0.29, 0.717) is 11.5 Å². The van der Waals surface area contributed by atoms with E-state index in [9.17, 15) is 4.79 Å². The van der Waals surface area contributed by atoms with Crippen LogP contribution in [0.3, 0.4) is 0 Å². The van der Waals surface area contributed by atoms with E-state index in [1.165, 1.54) is 89.0 Å². The molecule has 0 bridgehead atoms. The van der Waals surface area contributed by atoms with E-state index < -0.39 is 0 Å². The third-order valence-electron chi connectivity index (χ3n) is 7.67. The van der Waals surface area contributed by atoms with Gasteiger partial charge in [0.2, 0.25) is 0 Å². The molecule has 0 radical (unpaired) electrons.